The van der Waals surface area contributed by atoms with Gasteiger partial charge in [0, 0.05) is 11.1 Å². The molecule has 0 aliphatic heterocycles. The second kappa shape index (κ2) is 8.00. The van der Waals surface area contributed by atoms with Gasteiger partial charge >= 0.3 is 0 Å². The summed E-state index contributed by atoms with van der Waals surface area (Å²) in [5.41, 5.74) is 1.91. The van der Waals surface area contributed by atoms with E-state index in [0.29, 0.717) is 11.1 Å². The van der Waals surface area contributed by atoms with Gasteiger partial charge in [0.15, 0.2) is 0 Å². The zero-order valence-electron chi connectivity index (χ0n) is 19.3. The van der Waals surface area contributed by atoms with E-state index in [1.165, 1.54) is 12.1 Å². The molecule has 0 spiro atoms. The van der Waals surface area contributed by atoms with E-state index in [9.17, 15) is 0 Å². The molecule has 0 heterocycles. The van der Waals surface area contributed by atoms with Crippen molar-refractivity contribution in [2.75, 3.05) is 0 Å². The molecule has 0 unspecified atom stereocenters. The van der Waals surface area contributed by atoms with Gasteiger partial charge in [-0.3, -0.25) is 0 Å². The molecule has 2 heteroatoms. The molecule has 0 bridgehead atoms. The maximum absolute atomic E-state index is 15.9. The predicted molar refractivity (Wildman–Crippen MR) is 147 cm³/mol. The number of hydrogen-bond donors (Lipinski definition) is 0. The minimum absolute atomic E-state index is 0.267. The van der Waals surface area contributed by atoms with Crippen LogP contribution in [0.15, 0.2) is 121 Å². The Balaban J connectivity index is 1.50. The first kappa shape index (κ1) is 20.8. The van der Waals surface area contributed by atoms with Crippen LogP contribution < -0.4 is 0 Å². The number of rotatable bonds is 2. The van der Waals surface area contributed by atoms with Gasteiger partial charge in [-0.05, 0) is 78.5 Å². The molecule has 7 aromatic rings. The van der Waals surface area contributed by atoms with Crippen molar-refractivity contribution in [3.63, 3.8) is 0 Å². The maximum atomic E-state index is 15.9. The first-order valence-electron chi connectivity index (χ1n) is 12.0. The molecule has 7 aromatic carbocycles. The highest BCUT2D eigenvalue weighted by atomic mass is 19.1. The van der Waals surface area contributed by atoms with Crippen molar-refractivity contribution in [1.82, 2.24) is 0 Å². The normalized spacial score (nSPS) is 11.6. The molecule has 0 atom stereocenters. The van der Waals surface area contributed by atoms with Gasteiger partial charge in [0.1, 0.15) is 11.6 Å². The van der Waals surface area contributed by atoms with E-state index in [1.807, 2.05) is 97.1 Å². The molecule has 0 radical (unpaired) electrons. The van der Waals surface area contributed by atoms with Crippen LogP contribution in [0.4, 0.5) is 8.78 Å². The van der Waals surface area contributed by atoms with Gasteiger partial charge in [-0.15, -0.1) is 0 Å². The average Bonchev–Trinajstić information content (AvgIpc) is 2.93. The van der Waals surface area contributed by atoms with E-state index in [0.717, 1.165) is 43.1 Å². The van der Waals surface area contributed by atoms with Crippen molar-refractivity contribution < 1.29 is 8.78 Å². The van der Waals surface area contributed by atoms with Crippen LogP contribution >= 0.6 is 0 Å². The van der Waals surface area contributed by atoms with Gasteiger partial charge in [0.25, 0.3) is 0 Å². The monoisotopic (exact) mass is 466 g/mol. The van der Waals surface area contributed by atoms with Crippen LogP contribution in [0.3, 0.4) is 0 Å². The van der Waals surface area contributed by atoms with Crippen LogP contribution in [-0.2, 0) is 0 Å². The lowest BCUT2D eigenvalue weighted by Crippen LogP contribution is -1.94. The second-order valence-electron chi connectivity index (χ2n) is 9.19. The van der Waals surface area contributed by atoms with E-state index < -0.39 is 11.6 Å². The Morgan fingerprint density at radius 3 is 1.06 bits per heavy atom. The molecular weight excluding hydrogens is 446 g/mol. The van der Waals surface area contributed by atoms with E-state index in [1.54, 1.807) is 0 Å². The predicted octanol–water partition coefficient (Wildman–Crippen LogP) is 9.91. The minimum Gasteiger partial charge on any atom is -0.206 e. The summed E-state index contributed by atoms with van der Waals surface area (Å²) in [6, 6.07) is 38.5. The fraction of sp³-hybridized carbons (Fsp3) is 0. The summed E-state index contributed by atoms with van der Waals surface area (Å²) in [6.07, 6.45) is 0. The Labute approximate surface area is 207 Å². The number of hydrogen-bond acceptors (Lipinski definition) is 0. The second-order valence-corrected chi connectivity index (χ2v) is 9.19. The highest BCUT2D eigenvalue weighted by Gasteiger charge is 2.18. The Kier molecular flexibility index (Phi) is 4.62. The molecular formula is C34H20F2. The molecule has 36 heavy (non-hydrogen) atoms. The zero-order valence-corrected chi connectivity index (χ0v) is 19.3. The summed E-state index contributed by atoms with van der Waals surface area (Å²) in [6.45, 7) is 0. The zero-order chi connectivity index (χ0) is 24.2. The quantitative estimate of drug-likeness (QED) is 0.222. The van der Waals surface area contributed by atoms with Crippen molar-refractivity contribution >= 4 is 43.1 Å². The van der Waals surface area contributed by atoms with Gasteiger partial charge in [-0.2, -0.15) is 0 Å². The molecule has 0 aliphatic carbocycles. The van der Waals surface area contributed by atoms with E-state index in [2.05, 4.69) is 12.1 Å². The van der Waals surface area contributed by atoms with E-state index >= 15 is 8.78 Å². The number of benzene rings is 7. The lowest BCUT2D eigenvalue weighted by atomic mass is 9.90. The maximum Gasteiger partial charge on any atom is 0.131 e. The van der Waals surface area contributed by atoms with E-state index in [-0.39, 0.29) is 11.1 Å². The average molecular weight is 467 g/mol. The van der Waals surface area contributed by atoms with Crippen LogP contribution in [0.1, 0.15) is 0 Å². The summed E-state index contributed by atoms with van der Waals surface area (Å²) >= 11 is 0. The van der Waals surface area contributed by atoms with Gasteiger partial charge in [0.2, 0.25) is 0 Å². The van der Waals surface area contributed by atoms with Crippen LogP contribution in [0.25, 0.3) is 65.3 Å². The summed E-state index contributed by atoms with van der Waals surface area (Å²) < 4.78 is 31.8. The van der Waals surface area contributed by atoms with Crippen LogP contribution in [0.2, 0.25) is 0 Å². The van der Waals surface area contributed by atoms with Gasteiger partial charge < -0.3 is 0 Å². The minimum atomic E-state index is -0.441. The molecule has 0 amide bonds. The molecule has 0 saturated carbocycles. The topological polar surface area (TPSA) is 0 Å². The molecule has 0 aromatic heterocycles. The van der Waals surface area contributed by atoms with Crippen molar-refractivity contribution in [2.24, 2.45) is 0 Å². The third-order valence-corrected chi connectivity index (χ3v) is 7.17. The van der Waals surface area contributed by atoms with Gasteiger partial charge in [0.05, 0.1) is 0 Å². The Morgan fingerprint density at radius 2 is 0.639 bits per heavy atom. The highest BCUT2D eigenvalue weighted by Crippen LogP contribution is 2.40. The molecule has 0 fully saturated rings. The van der Waals surface area contributed by atoms with Crippen LogP contribution in [-0.4, -0.2) is 0 Å². The lowest BCUT2D eigenvalue weighted by molar-refractivity contribution is 0.606. The standard InChI is InChI=1S/C34H20F2/c35-33-20-32(30-18-22-10-2-4-12-24(22)26-14-6-8-16-28(26)30)34(36)19-31(33)29-17-21-9-1-3-11-23(21)25-13-5-7-15-27(25)29/h1-20H. The van der Waals surface area contributed by atoms with Crippen LogP contribution in [0.5, 0.6) is 0 Å². The van der Waals surface area contributed by atoms with Crippen molar-refractivity contribution in [3.05, 3.63) is 133 Å². The highest BCUT2D eigenvalue weighted by molar-refractivity contribution is 6.15. The van der Waals surface area contributed by atoms with Crippen molar-refractivity contribution in [3.8, 4) is 22.3 Å². The van der Waals surface area contributed by atoms with E-state index in [4.69, 9.17) is 0 Å². The molecule has 170 valence electrons. The van der Waals surface area contributed by atoms with Gasteiger partial charge in [-0.25, -0.2) is 8.78 Å². The molecule has 7 rings (SSSR count). The largest absolute Gasteiger partial charge is 0.206 e. The summed E-state index contributed by atoms with van der Waals surface area (Å²) in [4.78, 5) is 0. The first-order valence-corrected chi connectivity index (χ1v) is 12.0. The Bertz CT molecular complexity index is 1820. The number of halogens is 2. The molecule has 0 saturated heterocycles. The smallest absolute Gasteiger partial charge is 0.131 e. The number of fused-ring (bicyclic) bond motifs is 6. The Hall–Kier alpha value is -4.56. The SMILES string of the molecule is Fc1cc(-c2cc3ccccc3c3ccccc23)c(F)cc1-c1cc2ccccc2c2ccccc12. The van der Waals surface area contributed by atoms with Crippen molar-refractivity contribution in [2.45, 2.75) is 0 Å². The summed E-state index contributed by atoms with van der Waals surface area (Å²) in [7, 11) is 0. The van der Waals surface area contributed by atoms with Gasteiger partial charge in [-0.1, -0.05) is 97.1 Å². The fourth-order valence-electron chi connectivity index (χ4n) is 5.51. The summed E-state index contributed by atoms with van der Waals surface area (Å²) in [5, 5.41) is 8.03. The summed E-state index contributed by atoms with van der Waals surface area (Å²) in [5.74, 6) is -0.881. The third-order valence-electron chi connectivity index (χ3n) is 7.17. The first-order chi connectivity index (χ1) is 17.7. The fourth-order valence-corrected chi connectivity index (χ4v) is 5.51. The molecule has 0 N–H and O–H groups in total. The lowest BCUT2D eigenvalue weighted by Gasteiger charge is -2.15. The Morgan fingerprint density at radius 1 is 0.306 bits per heavy atom. The molecule has 0 nitrogen and oxygen atoms in total. The van der Waals surface area contributed by atoms with Crippen LogP contribution in [0, 0.1) is 11.6 Å². The van der Waals surface area contributed by atoms with Crippen molar-refractivity contribution in [1.29, 1.82) is 0 Å². The third kappa shape index (κ3) is 3.11. The molecule has 0 aliphatic rings.